The van der Waals surface area contributed by atoms with Crippen LogP contribution in [0.3, 0.4) is 0 Å². The van der Waals surface area contributed by atoms with Gasteiger partial charge in [0, 0.05) is 84.6 Å². The molecule has 3 aromatic heterocycles. The number of primary amides is 2. The first-order valence-corrected chi connectivity index (χ1v) is 26.0. The molecule has 2 aliphatic heterocycles. The number of nitrogens with two attached hydrogens (primary N) is 3. The van der Waals surface area contributed by atoms with E-state index in [0.717, 1.165) is 21.6 Å². The number of imidazole rings is 2. The number of aliphatic hydroxyl groups excluding tert-OH is 1. The van der Waals surface area contributed by atoms with Gasteiger partial charge >= 0.3 is 0 Å². The molecule has 2 saturated heterocycles. The fourth-order valence-corrected chi connectivity index (χ4v) is 10.5. The number of aliphatic hydroxyl groups is 1. The summed E-state index contributed by atoms with van der Waals surface area (Å²) in [6.07, 6.45) is 4.93. The predicted molar refractivity (Wildman–Crippen MR) is 268 cm³/mol. The Balaban J connectivity index is 1.35. The summed E-state index contributed by atoms with van der Waals surface area (Å²) < 4.78 is 0. The van der Waals surface area contributed by atoms with E-state index in [4.69, 9.17) is 17.2 Å². The van der Waals surface area contributed by atoms with Gasteiger partial charge < -0.3 is 79.4 Å². The molecule has 1 aromatic carbocycles. The number of H-pyrrole nitrogens is 3. The second kappa shape index (κ2) is 26.5. The molecule has 10 amide bonds. The number of aromatic nitrogens is 5. The molecule has 0 spiro atoms. The molecule has 2 fully saturated rings. The number of benzene rings is 1. The summed E-state index contributed by atoms with van der Waals surface area (Å²) in [7, 11) is 2.05. The summed E-state index contributed by atoms with van der Waals surface area (Å²) in [4.78, 5) is 155. The van der Waals surface area contributed by atoms with Gasteiger partial charge in [0.25, 0.3) is 0 Å². The first kappa shape index (κ1) is 55.8. The van der Waals surface area contributed by atoms with Crippen molar-refractivity contribution in [3.05, 3.63) is 72.5 Å². The normalized spacial score (nSPS) is 25.4. The summed E-state index contributed by atoms with van der Waals surface area (Å²) in [5.41, 5.74) is 19.2. The van der Waals surface area contributed by atoms with E-state index < -0.39 is 120 Å². The topological polar surface area (TPSA) is 430 Å². The van der Waals surface area contributed by atoms with Crippen LogP contribution in [0.25, 0.3) is 10.9 Å². The van der Waals surface area contributed by atoms with Crippen LogP contribution >= 0.6 is 21.6 Å². The fraction of sp³-hybridized carbons (Fsp3) is 0.467. The van der Waals surface area contributed by atoms with Crippen molar-refractivity contribution in [2.45, 2.75) is 106 Å². The van der Waals surface area contributed by atoms with Gasteiger partial charge in [0.1, 0.15) is 42.3 Å². The second-order valence-electron chi connectivity index (χ2n) is 17.7. The van der Waals surface area contributed by atoms with Crippen molar-refractivity contribution >= 4 is 91.6 Å². The highest BCUT2D eigenvalue weighted by Crippen LogP contribution is 2.24. The standard InChI is InChI=1S/C45H60N16O11S2/c1-22(62)37-44(71)57-30(11-23-14-51-28-6-3-2-5-26(23)28)41(68)56-31(12-24-15-49-20-53-24)42(69)58-32(13-25-16-50-21-54-25)45(72)61-10-4-7-34(61)43(70)55-29(8-9-35(47)63)40(67)59-33(38(48)65)19-74-73-18-27(46)39(66)52-17-36(64)60-37/h2-3,5-6,14-16,20-22,27,29-34,37,51,62H,4,7-13,17-19,46H2,1H3,(H2,47,63)(H2,48,65)(H,49,53)(H,50,54)(H,52,66)(H,55,70)(H,56,68)(H,57,71)(H,58,69)(H,59,67)(H,60,64)/t22-,27+,29+,30+,31+,32+,33-,34+,37+/m1/s1. The third-order valence-electron chi connectivity index (χ3n) is 12.2. The lowest BCUT2D eigenvalue weighted by Gasteiger charge is -2.31. The van der Waals surface area contributed by atoms with Gasteiger partial charge in [-0.1, -0.05) is 39.8 Å². The Morgan fingerprint density at radius 3 is 2.00 bits per heavy atom. The summed E-state index contributed by atoms with van der Waals surface area (Å²) in [6, 6.07) is -3.98. The van der Waals surface area contributed by atoms with Crippen molar-refractivity contribution in [1.29, 1.82) is 0 Å². The number of hydrogen-bond donors (Lipinski definition) is 14. The van der Waals surface area contributed by atoms with Crippen LogP contribution in [0.2, 0.25) is 0 Å². The van der Waals surface area contributed by atoms with Gasteiger partial charge in [0.2, 0.25) is 59.1 Å². The van der Waals surface area contributed by atoms with Crippen molar-refractivity contribution in [3.63, 3.8) is 0 Å². The van der Waals surface area contributed by atoms with Crippen molar-refractivity contribution in [3.8, 4) is 0 Å². The van der Waals surface area contributed by atoms with Gasteiger partial charge in [0.15, 0.2) is 0 Å². The average Bonchev–Trinajstić information content (AvgIpc) is 4.23. The number of carbonyl (C=O) groups is 10. The Labute approximate surface area is 430 Å². The molecule has 0 aliphatic carbocycles. The van der Waals surface area contributed by atoms with E-state index in [0.29, 0.717) is 34.3 Å². The molecule has 4 aromatic rings. The lowest BCUT2D eigenvalue weighted by molar-refractivity contribution is -0.142. The van der Waals surface area contributed by atoms with Gasteiger partial charge in [-0.25, -0.2) is 9.97 Å². The highest BCUT2D eigenvalue weighted by atomic mass is 33.1. The van der Waals surface area contributed by atoms with Crippen molar-refractivity contribution in [2.24, 2.45) is 17.2 Å². The summed E-state index contributed by atoms with van der Waals surface area (Å²) in [5, 5.41) is 29.4. The highest BCUT2D eigenvalue weighted by Gasteiger charge is 2.41. The Morgan fingerprint density at radius 1 is 0.743 bits per heavy atom. The average molecular weight is 1070 g/mol. The van der Waals surface area contributed by atoms with Crippen LogP contribution in [0.5, 0.6) is 0 Å². The molecular formula is C45H60N16O11S2. The lowest BCUT2D eigenvalue weighted by atomic mass is 10.0. The summed E-state index contributed by atoms with van der Waals surface area (Å²) in [5.74, 6) is -8.76. The quantitative estimate of drug-likeness (QED) is 0.0630. The van der Waals surface area contributed by atoms with Gasteiger partial charge in [0.05, 0.1) is 31.3 Å². The van der Waals surface area contributed by atoms with Crippen molar-refractivity contribution < 1.29 is 53.1 Å². The zero-order valence-electron chi connectivity index (χ0n) is 40.1. The highest BCUT2D eigenvalue weighted by molar-refractivity contribution is 8.76. The molecule has 0 radical (unpaired) electrons. The minimum absolute atomic E-state index is 0.0474. The van der Waals surface area contributed by atoms with E-state index >= 15 is 0 Å². The van der Waals surface area contributed by atoms with E-state index in [9.17, 15) is 53.1 Å². The van der Waals surface area contributed by atoms with Gasteiger partial charge in [-0.05, 0) is 37.8 Å². The van der Waals surface area contributed by atoms with E-state index in [1.807, 2.05) is 0 Å². The number of amides is 10. The Hall–Kier alpha value is -7.50. The Bertz CT molecular complexity index is 2650. The van der Waals surface area contributed by atoms with Crippen molar-refractivity contribution in [1.82, 2.24) is 67.0 Å². The smallest absolute Gasteiger partial charge is 0.246 e. The van der Waals surface area contributed by atoms with Gasteiger partial charge in [-0.15, -0.1) is 0 Å². The number of rotatable bonds is 11. The minimum Gasteiger partial charge on any atom is -0.391 e. The zero-order valence-corrected chi connectivity index (χ0v) is 41.7. The molecular weight excluding hydrogens is 1000 g/mol. The first-order valence-electron chi connectivity index (χ1n) is 23.5. The van der Waals surface area contributed by atoms with Crippen LogP contribution in [0, 0.1) is 0 Å². The SMILES string of the molecule is C[C@@H](O)[C@@H]1NC(=O)CNC(=O)[C@@H](N)CSSC[C@H](C(N)=O)NC(=O)[C@H](CCC(N)=O)NC(=O)[C@@H]2CCCN2C(=O)[C@H](Cc2cnc[nH]2)NC(=O)[C@H](Cc2cnc[nH]2)NC(=O)[C@H](Cc2c[nH]c3ccccc23)NC1=O. The van der Waals surface area contributed by atoms with Crippen LogP contribution in [-0.4, -0.2) is 173 Å². The summed E-state index contributed by atoms with van der Waals surface area (Å²) >= 11 is 0. The maximum absolute atomic E-state index is 14.7. The lowest BCUT2D eigenvalue weighted by Crippen LogP contribution is -2.61. The zero-order chi connectivity index (χ0) is 53.5. The third kappa shape index (κ3) is 15.5. The third-order valence-corrected chi connectivity index (χ3v) is 14.6. The number of para-hydroxylation sites is 1. The number of fused-ring (bicyclic) bond motifs is 2. The van der Waals surface area contributed by atoms with Crippen LogP contribution < -0.4 is 54.4 Å². The predicted octanol–water partition coefficient (Wildman–Crippen LogP) is -4.49. The van der Waals surface area contributed by atoms with E-state index in [1.54, 1.807) is 30.5 Å². The monoisotopic (exact) mass is 1060 g/mol. The van der Waals surface area contributed by atoms with Crippen molar-refractivity contribution in [2.75, 3.05) is 24.6 Å². The number of carbonyl (C=O) groups excluding carboxylic acids is 10. The number of nitrogens with zero attached hydrogens (tertiary/aromatic N) is 3. The molecule has 2 aliphatic rings. The summed E-state index contributed by atoms with van der Waals surface area (Å²) in [6.45, 7) is 0.591. The maximum Gasteiger partial charge on any atom is 0.246 e. The van der Waals surface area contributed by atoms with Crippen LogP contribution in [0.1, 0.15) is 49.6 Å². The molecule has 17 N–H and O–H groups in total. The molecule has 6 rings (SSSR count). The Morgan fingerprint density at radius 2 is 1.35 bits per heavy atom. The van der Waals surface area contributed by atoms with Crippen LogP contribution in [0.15, 0.2) is 55.5 Å². The molecule has 29 heteroatoms. The molecule has 74 heavy (non-hydrogen) atoms. The van der Waals surface area contributed by atoms with Crippen LogP contribution in [0.4, 0.5) is 0 Å². The minimum atomic E-state index is -1.67. The molecule has 0 unspecified atom stereocenters. The molecule has 398 valence electrons. The van der Waals surface area contributed by atoms with E-state index in [-0.39, 0.29) is 56.6 Å². The van der Waals surface area contributed by atoms with Crippen LogP contribution in [-0.2, 0) is 67.2 Å². The molecule has 0 bridgehead atoms. The fourth-order valence-electron chi connectivity index (χ4n) is 8.21. The molecule has 9 atom stereocenters. The largest absolute Gasteiger partial charge is 0.391 e. The number of hydrogen-bond acceptors (Lipinski definition) is 16. The van der Waals surface area contributed by atoms with E-state index in [1.165, 1.54) is 36.9 Å². The Kier molecular flexibility index (Phi) is 19.9. The maximum atomic E-state index is 14.7. The molecule has 0 saturated carbocycles. The first-order chi connectivity index (χ1) is 35.4. The number of nitrogens with one attached hydrogen (secondary N) is 10. The van der Waals surface area contributed by atoms with Gasteiger partial charge in [-0.2, -0.15) is 0 Å². The van der Waals surface area contributed by atoms with E-state index in [2.05, 4.69) is 62.1 Å². The number of aromatic amines is 3. The molecule has 27 nitrogen and oxygen atoms in total. The molecule has 5 heterocycles. The van der Waals surface area contributed by atoms with Gasteiger partial charge in [-0.3, -0.25) is 47.9 Å². The second-order valence-corrected chi connectivity index (χ2v) is 20.3.